The molecule has 1 fully saturated rings. The van der Waals surface area contributed by atoms with Gasteiger partial charge in [-0.1, -0.05) is 29.8 Å². The van der Waals surface area contributed by atoms with Gasteiger partial charge in [0.25, 0.3) is 5.91 Å². The van der Waals surface area contributed by atoms with Gasteiger partial charge in [-0.25, -0.2) is 0 Å². The van der Waals surface area contributed by atoms with E-state index in [0.717, 1.165) is 11.3 Å². The van der Waals surface area contributed by atoms with Crippen LogP contribution in [0, 0.1) is 12.8 Å². The van der Waals surface area contributed by atoms with E-state index >= 15 is 0 Å². The summed E-state index contributed by atoms with van der Waals surface area (Å²) >= 11 is 0. The minimum Gasteiger partial charge on any atom is -0.449 e. The molecular weight excluding hydrogens is 358 g/mol. The molecule has 1 atom stereocenters. The van der Waals surface area contributed by atoms with Crippen LogP contribution in [0.15, 0.2) is 52.9 Å². The first kappa shape index (κ1) is 17.8. The minimum absolute atomic E-state index is 0.0986. The van der Waals surface area contributed by atoms with E-state index in [-0.39, 0.29) is 36.2 Å². The number of benzene rings is 2. The summed E-state index contributed by atoms with van der Waals surface area (Å²) in [6.07, 6.45) is 0.0986. The van der Waals surface area contributed by atoms with Crippen LogP contribution in [0.2, 0.25) is 0 Å². The van der Waals surface area contributed by atoms with Gasteiger partial charge < -0.3 is 20.4 Å². The van der Waals surface area contributed by atoms with Crippen LogP contribution in [-0.2, 0) is 9.59 Å². The van der Waals surface area contributed by atoms with Gasteiger partial charge in [0, 0.05) is 24.0 Å². The van der Waals surface area contributed by atoms with Crippen molar-refractivity contribution in [3.8, 4) is 0 Å². The van der Waals surface area contributed by atoms with Crippen molar-refractivity contribution in [1.29, 1.82) is 0 Å². The first-order valence-electron chi connectivity index (χ1n) is 8.93. The number of rotatable bonds is 4. The monoisotopic (exact) mass is 377 g/mol. The van der Waals surface area contributed by atoms with Crippen LogP contribution in [0.3, 0.4) is 0 Å². The molecule has 1 aromatic heterocycles. The van der Waals surface area contributed by atoms with Crippen molar-refractivity contribution in [3.63, 3.8) is 0 Å². The van der Waals surface area contributed by atoms with Crippen molar-refractivity contribution >= 4 is 40.1 Å². The molecule has 0 aliphatic carbocycles. The Balaban J connectivity index is 1.57. The maximum Gasteiger partial charge on any atom is 0.286 e. The van der Waals surface area contributed by atoms with E-state index in [2.05, 4.69) is 5.32 Å². The second-order valence-corrected chi connectivity index (χ2v) is 6.90. The summed E-state index contributed by atoms with van der Waals surface area (Å²) in [6, 6.07) is 14.5. The minimum atomic E-state index is -0.768. The van der Waals surface area contributed by atoms with Crippen molar-refractivity contribution in [2.45, 2.75) is 13.3 Å². The lowest BCUT2D eigenvalue weighted by atomic mass is 10.1. The summed E-state index contributed by atoms with van der Waals surface area (Å²) in [5.41, 5.74) is 7.95. The Morgan fingerprint density at radius 2 is 1.86 bits per heavy atom. The third kappa shape index (κ3) is 3.11. The van der Waals surface area contributed by atoms with Crippen molar-refractivity contribution in [2.75, 3.05) is 16.8 Å². The fourth-order valence-corrected chi connectivity index (χ4v) is 3.43. The van der Waals surface area contributed by atoms with E-state index < -0.39 is 11.8 Å². The van der Waals surface area contributed by atoms with Crippen molar-refractivity contribution in [1.82, 2.24) is 0 Å². The van der Waals surface area contributed by atoms with Gasteiger partial charge in [0.2, 0.25) is 17.6 Å². The Morgan fingerprint density at radius 1 is 1.14 bits per heavy atom. The number of para-hydroxylation sites is 1. The van der Waals surface area contributed by atoms with Gasteiger partial charge >= 0.3 is 0 Å². The van der Waals surface area contributed by atoms with Crippen LogP contribution in [-0.4, -0.2) is 24.3 Å². The highest BCUT2D eigenvalue weighted by molar-refractivity contribution is 6.12. The quantitative estimate of drug-likeness (QED) is 0.729. The first-order chi connectivity index (χ1) is 13.4. The van der Waals surface area contributed by atoms with Crippen LogP contribution in [0.5, 0.6) is 0 Å². The Morgan fingerprint density at radius 3 is 2.57 bits per heavy atom. The number of furan rings is 1. The van der Waals surface area contributed by atoms with E-state index in [9.17, 15) is 14.4 Å². The molecule has 0 spiro atoms. The highest BCUT2D eigenvalue weighted by atomic mass is 16.3. The molecule has 28 heavy (non-hydrogen) atoms. The molecule has 1 aliphatic rings. The second kappa shape index (κ2) is 6.84. The molecular formula is C21H19N3O4. The predicted octanol–water partition coefficient (Wildman–Crippen LogP) is 2.83. The molecule has 142 valence electrons. The number of anilines is 2. The Hall–Kier alpha value is -3.61. The number of primary amides is 1. The normalized spacial score (nSPS) is 16.5. The molecule has 0 bridgehead atoms. The van der Waals surface area contributed by atoms with Crippen LogP contribution in [0.4, 0.5) is 11.4 Å². The van der Waals surface area contributed by atoms with Gasteiger partial charge in [0.05, 0.1) is 5.92 Å². The number of hydrogen-bond acceptors (Lipinski definition) is 4. The molecule has 0 radical (unpaired) electrons. The molecule has 1 saturated heterocycles. The molecule has 2 heterocycles. The lowest BCUT2D eigenvalue weighted by Gasteiger charge is -2.17. The molecule has 3 aromatic rings. The van der Waals surface area contributed by atoms with E-state index in [1.165, 1.54) is 0 Å². The Bertz CT molecular complexity index is 1080. The molecule has 1 unspecified atom stereocenters. The second-order valence-electron chi connectivity index (χ2n) is 6.90. The van der Waals surface area contributed by atoms with Crippen molar-refractivity contribution in [3.05, 3.63) is 59.9 Å². The number of fused-ring (bicyclic) bond motifs is 1. The van der Waals surface area contributed by atoms with Crippen LogP contribution < -0.4 is 16.0 Å². The number of carbonyl (C=O) groups excluding carboxylic acids is 3. The fourth-order valence-electron chi connectivity index (χ4n) is 3.43. The van der Waals surface area contributed by atoms with Crippen molar-refractivity contribution < 1.29 is 18.8 Å². The maximum absolute atomic E-state index is 12.8. The summed E-state index contributed by atoms with van der Waals surface area (Å²) < 4.78 is 5.48. The Kier molecular flexibility index (Phi) is 4.35. The first-order valence-corrected chi connectivity index (χ1v) is 8.93. The average Bonchev–Trinajstić information content (AvgIpc) is 3.24. The summed E-state index contributed by atoms with van der Waals surface area (Å²) in [5.74, 6) is -1.87. The number of carbonyl (C=O) groups is 3. The number of amides is 3. The number of nitrogens with two attached hydrogens (primary N) is 1. The summed E-state index contributed by atoms with van der Waals surface area (Å²) in [5, 5.41) is 3.33. The molecule has 7 heteroatoms. The topological polar surface area (TPSA) is 106 Å². The Labute approximate surface area is 161 Å². The molecule has 0 saturated carbocycles. The highest BCUT2D eigenvalue weighted by Gasteiger charge is 2.36. The molecule has 1 aliphatic heterocycles. The van der Waals surface area contributed by atoms with Crippen LogP contribution >= 0.6 is 0 Å². The third-order valence-electron chi connectivity index (χ3n) is 4.91. The van der Waals surface area contributed by atoms with Gasteiger partial charge in [-0.3, -0.25) is 14.4 Å². The van der Waals surface area contributed by atoms with Gasteiger partial charge in [-0.05, 0) is 31.2 Å². The standard InChI is InChI=1S/C21H19N3O4/c1-12-6-8-14(9-7-12)24-11-13(10-17(24)25)21(27)23-18-15-4-2-3-5-16(15)28-19(18)20(22)26/h2-9,13H,10-11H2,1H3,(H2,22,26)(H,23,27). The van der Waals surface area contributed by atoms with Gasteiger partial charge in [0.15, 0.2) is 0 Å². The van der Waals surface area contributed by atoms with Gasteiger partial charge in [0.1, 0.15) is 11.3 Å². The fraction of sp³-hybridized carbons (Fsp3) is 0.190. The number of nitrogens with zero attached hydrogens (tertiary/aromatic N) is 1. The van der Waals surface area contributed by atoms with E-state index in [4.69, 9.17) is 10.2 Å². The molecule has 7 nitrogen and oxygen atoms in total. The average molecular weight is 377 g/mol. The lowest BCUT2D eigenvalue weighted by Crippen LogP contribution is -2.28. The molecule has 4 rings (SSSR count). The summed E-state index contributed by atoms with van der Waals surface area (Å²) in [7, 11) is 0. The highest BCUT2D eigenvalue weighted by Crippen LogP contribution is 2.32. The van der Waals surface area contributed by atoms with Gasteiger partial charge in [-0.15, -0.1) is 0 Å². The zero-order valence-electron chi connectivity index (χ0n) is 15.3. The third-order valence-corrected chi connectivity index (χ3v) is 4.91. The largest absolute Gasteiger partial charge is 0.449 e. The SMILES string of the molecule is Cc1ccc(N2CC(C(=O)Nc3c(C(N)=O)oc4ccccc34)CC2=O)cc1. The lowest BCUT2D eigenvalue weighted by molar-refractivity contribution is -0.122. The summed E-state index contributed by atoms with van der Waals surface area (Å²) in [4.78, 5) is 38.6. The van der Waals surface area contributed by atoms with Crippen molar-refractivity contribution in [2.24, 2.45) is 11.7 Å². The van der Waals surface area contributed by atoms with Crippen LogP contribution in [0.1, 0.15) is 22.5 Å². The van der Waals surface area contributed by atoms with E-state index in [1.54, 1.807) is 29.2 Å². The molecule has 3 N–H and O–H groups in total. The predicted molar refractivity (Wildman–Crippen MR) is 105 cm³/mol. The molecule has 2 aromatic carbocycles. The zero-order valence-corrected chi connectivity index (χ0v) is 15.3. The van der Waals surface area contributed by atoms with E-state index in [0.29, 0.717) is 11.0 Å². The number of aryl methyl sites for hydroxylation is 1. The number of hydrogen-bond donors (Lipinski definition) is 2. The van der Waals surface area contributed by atoms with Crippen LogP contribution in [0.25, 0.3) is 11.0 Å². The summed E-state index contributed by atoms with van der Waals surface area (Å²) in [6.45, 7) is 2.24. The maximum atomic E-state index is 12.8. The van der Waals surface area contributed by atoms with Gasteiger partial charge in [-0.2, -0.15) is 0 Å². The molecule has 3 amide bonds. The number of nitrogens with one attached hydrogen (secondary N) is 1. The smallest absolute Gasteiger partial charge is 0.286 e. The van der Waals surface area contributed by atoms with E-state index in [1.807, 2.05) is 31.2 Å². The zero-order chi connectivity index (χ0) is 19.8.